The van der Waals surface area contributed by atoms with E-state index in [2.05, 4.69) is 10.5 Å². The highest BCUT2D eigenvalue weighted by atomic mass is 16.6. The molecule has 1 fully saturated rings. The molecule has 3 aliphatic carbocycles. The van der Waals surface area contributed by atoms with E-state index in [1.165, 1.54) is 36.5 Å². The van der Waals surface area contributed by atoms with Crippen LogP contribution in [0.4, 0.5) is 11.4 Å². The number of phenols is 1. The molecule has 8 rings (SSSR count). The number of nitro groups is 1. The molecule has 0 unspecified atom stereocenters. The largest absolute Gasteiger partial charge is 0.507 e. The summed E-state index contributed by atoms with van der Waals surface area (Å²) in [6.45, 7) is 0. The number of nitrogens with one attached hydrogen (secondary N) is 1. The van der Waals surface area contributed by atoms with Gasteiger partial charge in [-0.05, 0) is 40.5 Å². The first kappa shape index (κ1) is 25.3. The van der Waals surface area contributed by atoms with E-state index in [0.717, 1.165) is 27.2 Å². The number of hydrazone groups is 1. The van der Waals surface area contributed by atoms with Gasteiger partial charge in [-0.15, -0.1) is 0 Å². The van der Waals surface area contributed by atoms with Crippen molar-refractivity contribution in [2.24, 2.45) is 16.9 Å². The van der Waals surface area contributed by atoms with Gasteiger partial charge in [-0.3, -0.25) is 24.5 Å². The molecular formula is C32H22N4O6. The number of amides is 3. The van der Waals surface area contributed by atoms with E-state index >= 15 is 0 Å². The smallest absolute Gasteiger partial charge is 0.293 e. The topological polar surface area (TPSA) is 142 Å². The Morgan fingerprint density at radius 2 is 1.48 bits per heavy atom. The lowest BCUT2D eigenvalue weighted by atomic mass is 9.47. The van der Waals surface area contributed by atoms with E-state index < -0.39 is 45.8 Å². The van der Waals surface area contributed by atoms with Gasteiger partial charge in [0.1, 0.15) is 11.4 Å². The summed E-state index contributed by atoms with van der Waals surface area (Å²) in [5.41, 5.74) is 4.01. The summed E-state index contributed by atoms with van der Waals surface area (Å²) in [5, 5.41) is 26.3. The van der Waals surface area contributed by atoms with E-state index in [1.54, 1.807) is 18.2 Å². The van der Waals surface area contributed by atoms with E-state index in [1.807, 2.05) is 48.5 Å². The Labute approximate surface area is 239 Å². The van der Waals surface area contributed by atoms with Crippen molar-refractivity contribution in [1.29, 1.82) is 0 Å². The molecule has 1 saturated heterocycles. The lowest BCUT2D eigenvalue weighted by molar-refractivity contribution is -0.384. The van der Waals surface area contributed by atoms with Crippen molar-refractivity contribution in [3.05, 3.63) is 135 Å². The van der Waals surface area contributed by atoms with Gasteiger partial charge in [0.05, 0.1) is 27.7 Å². The van der Waals surface area contributed by atoms with Crippen molar-refractivity contribution >= 4 is 35.3 Å². The van der Waals surface area contributed by atoms with E-state index in [4.69, 9.17) is 0 Å². The third-order valence-electron chi connectivity index (χ3n) is 8.59. The van der Waals surface area contributed by atoms with E-state index in [-0.39, 0.29) is 22.7 Å². The van der Waals surface area contributed by atoms with Crippen molar-refractivity contribution in [1.82, 2.24) is 5.43 Å². The Kier molecular flexibility index (Phi) is 5.55. The van der Waals surface area contributed by atoms with Crippen LogP contribution < -0.4 is 10.3 Å². The quantitative estimate of drug-likeness (QED) is 0.162. The molecule has 0 spiro atoms. The molecule has 2 bridgehead atoms. The van der Waals surface area contributed by atoms with Gasteiger partial charge in [0.2, 0.25) is 11.8 Å². The van der Waals surface area contributed by atoms with Crippen LogP contribution in [0, 0.1) is 22.0 Å². The Morgan fingerprint density at radius 1 is 0.881 bits per heavy atom. The zero-order valence-corrected chi connectivity index (χ0v) is 21.9. The van der Waals surface area contributed by atoms with Crippen molar-refractivity contribution in [3.63, 3.8) is 0 Å². The van der Waals surface area contributed by atoms with Gasteiger partial charge in [-0.25, -0.2) is 10.3 Å². The highest BCUT2D eigenvalue weighted by Crippen LogP contribution is 2.63. The first-order valence-corrected chi connectivity index (χ1v) is 13.3. The minimum atomic E-state index is -1.27. The lowest BCUT2D eigenvalue weighted by Crippen LogP contribution is -2.54. The molecule has 0 saturated carbocycles. The summed E-state index contributed by atoms with van der Waals surface area (Å²) < 4.78 is 0. The molecule has 42 heavy (non-hydrogen) atoms. The average Bonchev–Trinajstić information content (AvgIpc) is 3.27. The van der Waals surface area contributed by atoms with Crippen molar-refractivity contribution in [3.8, 4) is 5.75 Å². The highest BCUT2D eigenvalue weighted by Gasteiger charge is 2.68. The van der Waals surface area contributed by atoms with Gasteiger partial charge < -0.3 is 5.11 Å². The Bertz CT molecular complexity index is 1820. The number of hydrogen-bond acceptors (Lipinski definition) is 7. The second-order valence-corrected chi connectivity index (χ2v) is 10.5. The number of nitro benzene ring substituents is 1. The number of hydrogen-bond donors (Lipinski definition) is 2. The monoisotopic (exact) mass is 558 g/mol. The third kappa shape index (κ3) is 3.32. The van der Waals surface area contributed by atoms with Gasteiger partial charge in [-0.1, -0.05) is 72.8 Å². The molecule has 3 amide bonds. The summed E-state index contributed by atoms with van der Waals surface area (Å²) in [6, 6.07) is 26.8. The molecule has 4 aliphatic rings. The van der Waals surface area contributed by atoms with Crippen LogP contribution in [0.25, 0.3) is 0 Å². The molecule has 206 valence electrons. The van der Waals surface area contributed by atoms with Crippen LogP contribution in [0.3, 0.4) is 0 Å². The number of carbonyl (C=O) groups excluding carboxylic acids is 3. The second-order valence-electron chi connectivity index (χ2n) is 10.5. The number of benzene rings is 4. The predicted octanol–water partition coefficient (Wildman–Crippen LogP) is 4.27. The Balaban J connectivity index is 1.42. The normalized spacial score (nSPS) is 23.4. The van der Waals surface area contributed by atoms with Crippen LogP contribution in [0.5, 0.6) is 5.75 Å². The molecule has 2 atom stereocenters. The van der Waals surface area contributed by atoms with E-state index in [0.29, 0.717) is 0 Å². The minimum absolute atomic E-state index is 0.0212. The van der Waals surface area contributed by atoms with Crippen LogP contribution >= 0.6 is 0 Å². The maximum atomic E-state index is 14.4. The first-order valence-electron chi connectivity index (χ1n) is 13.3. The number of phenolic OH excluding ortho intramolecular Hbond substituents is 1. The van der Waals surface area contributed by atoms with Crippen molar-refractivity contribution < 1.29 is 24.4 Å². The number of para-hydroxylation sites is 3. The number of aromatic hydroxyl groups is 1. The van der Waals surface area contributed by atoms with Crippen LogP contribution in [-0.4, -0.2) is 34.0 Å². The summed E-state index contributed by atoms with van der Waals surface area (Å²) >= 11 is 0. The second kappa shape index (κ2) is 9.20. The predicted molar refractivity (Wildman–Crippen MR) is 152 cm³/mol. The maximum absolute atomic E-state index is 14.4. The van der Waals surface area contributed by atoms with Gasteiger partial charge in [0.15, 0.2) is 0 Å². The summed E-state index contributed by atoms with van der Waals surface area (Å²) in [5.74, 6) is -4.27. The lowest BCUT2D eigenvalue weighted by Gasteiger charge is -2.52. The van der Waals surface area contributed by atoms with Gasteiger partial charge >= 0.3 is 0 Å². The number of rotatable bonds is 5. The standard InChI is InChI=1S/C32H22N4O6/c37-25-16-8-3-11-20(25)29(38)34-33-17-32-21-12-4-1-9-18(21)26(19-10-2-5-13-22(19)32)27-28(32)31(40)35(30(27)39)23-14-6-7-15-24(23)36(41)42/h1-17,26-28,37H,(H,34,38)/b33-17-/t26?,27-,28-,32?/m0/s1. The maximum Gasteiger partial charge on any atom is 0.293 e. The first-order chi connectivity index (χ1) is 20.4. The summed E-state index contributed by atoms with van der Waals surface area (Å²) in [4.78, 5) is 53.8. The Morgan fingerprint density at radius 3 is 2.14 bits per heavy atom. The van der Waals surface area contributed by atoms with Gasteiger partial charge in [0.25, 0.3) is 11.6 Å². The SMILES string of the molecule is O=C(N/N=C\C12c3ccccc3C(c3ccccc31)[C@@H]1C(=O)N(c3ccccc3[N+](=O)[O-])C(=O)[C@H]12)c1ccccc1O. The van der Waals surface area contributed by atoms with Crippen LogP contribution in [-0.2, 0) is 15.0 Å². The van der Waals surface area contributed by atoms with Crippen molar-refractivity contribution in [2.45, 2.75) is 11.3 Å². The highest BCUT2D eigenvalue weighted by molar-refractivity contribution is 6.25. The third-order valence-corrected chi connectivity index (χ3v) is 8.59. The minimum Gasteiger partial charge on any atom is -0.507 e. The van der Waals surface area contributed by atoms with Crippen LogP contribution in [0.2, 0.25) is 0 Å². The fraction of sp³-hybridized carbons (Fsp3) is 0.125. The molecule has 1 heterocycles. The Hall–Kier alpha value is -5.64. The molecular weight excluding hydrogens is 536 g/mol. The average molecular weight is 559 g/mol. The van der Waals surface area contributed by atoms with Crippen molar-refractivity contribution in [2.75, 3.05) is 4.90 Å². The van der Waals surface area contributed by atoms with E-state index in [9.17, 15) is 29.6 Å². The van der Waals surface area contributed by atoms with Gasteiger partial charge in [-0.2, -0.15) is 5.10 Å². The fourth-order valence-corrected chi connectivity index (χ4v) is 7.01. The molecule has 0 radical (unpaired) electrons. The molecule has 0 aromatic heterocycles. The molecule has 10 heteroatoms. The van der Waals surface area contributed by atoms with Gasteiger partial charge in [0, 0.05) is 18.2 Å². The molecule has 4 aromatic carbocycles. The fourth-order valence-electron chi connectivity index (χ4n) is 7.01. The number of carbonyl (C=O) groups is 3. The number of anilines is 1. The number of nitrogens with zero attached hydrogens (tertiary/aromatic N) is 3. The molecule has 10 nitrogen and oxygen atoms in total. The van der Waals surface area contributed by atoms with Crippen LogP contribution in [0.1, 0.15) is 38.5 Å². The molecule has 1 aliphatic heterocycles. The van der Waals surface area contributed by atoms with Crippen LogP contribution in [0.15, 0.2) is 102 Å². The zero-order chi connectivity index (χ0) is 29.2. The summed E-state index contributed by atoms with van der Waals surface area (Å²) in [7, 11) is 0. The molecule has 4 aromatic rings. The molecule has 2 N–H and O–H groups in total. The summed E-state index contributed by atoms with van der Waals surface area (Å²) in [6.07, 6.45) is 1.49. The zero-order valence-electron chi connectivity index (χ0n) is 21.9. The number of imide groups is 1.